The number of hydrogen-bond donors (Lipinski definition) is 2. The zero-order valence-electron chi connectivity index (χ0n) is 12.1. The first kappa shape index (κ1) is 16.3. The molecule has 0 radical (unpaired) electrons. The van der Waals surface area contributed by atoms with Gasteiger partial charge in [-0.2, -0.15) is 0 Å². The summed E-state index contributed by atoms with van der Waals surface area (Å²) in [5.41, 5.74) is 1.14. The van der Waals surface area contributed by atoms with Crippen LogP contribution in [-0.2, 0) is 9.53 Å². The molecule has 2 heterocycles. The Balaban J connectivity index is 0.00000161. The maximum absolute atomic E-state index is 12.4. The maximum atomic E-state index is 12.4. The maximum Gasteiger partial charge on any atom is 0.225 e. The van der Waals surface area contributed by atoms with Gasteiger partial charge in [0, 0.05) is 13.2 Å². The summed E-state index contributed by atoms with van der Waals surface area (Å²) in [6.45, 7) is 2.53. The molecule has 3 atom stereocenters. The molecule has 116 valence electrons. The molecule has 2 saturated heterocycles. The molecule has 5 heteroatoms. The van der Waals surface area contributed by atoms with Crippen molar-refractivity contribution in [2.24, 2.45) is 5.92 Å². The van der Waals surface area contributed by atoms with E-state index in [2.05, 4.69) is 22.8 Å². The molecule has 0 bridgehead atoms. The van der Waals surface area contributed by atoms with Gasteiger partial charge in [-0.1, -0.05) is 30.3 Å². The predicted octanol–water partition coefficient (Wildman–Crippen LogP) is 2.05. The predicted molar refractivity (Wildman–Crippen MR) is 84.5 cm³/mol. The van der Waals surface area contributed by atoms with Gasteiger partial charge in [-0.05, 0) is 31.4 Å². The van der Waals surface area contributed by atoms with E-state index in [1.54, 1.807) is 0 Å². The molecule has 0 aromatic heterocycles. The molecule has 3 unspecified atom stereocenters. The number of amides is 1. The lowest BCUT2D eigenvalue weighted by Gasteiger charge is -2.26. The van der Waals surface area contributed by atoms with E-state index in [4.69, 9.17) is 4.74 Å². The fourth-order valence-corrected chi connectivity index (χ4v) is 3.07. The fourth-order valence-electron chi connectivity index (χ4n) is 3.07. The molecule has 1 amide bonds. The molecule has 1 aromatic carbocycles. The van der Waals surface area contributed by atoms with Crippen molar-refractivity contribution in [1.82, 2.24) is 10.6 Å². The number of ether oxygens (including phenoxy) is 1. The summed E-state index contributed by atoms with van der Waals surface area (Å²) >= 11 is 0. The highest BCUT2D eigenvalue weighted by molar-refractivity contribution is 5.85. The van der Waals surface area contributed by atoms with Crippen LogP contribution in [0.15, 0.2) is 30.3 Å². The molecule has 0 aliphatic carbocycles. The number of carbonyl (C=O) groups excluding carboxylic acids is 1. The van der Waals surface area contributed by atoms with E-state index in [1.807, 2.05) is 18.2 Å². The molecule has 2 aliphatic heterocycles. The third kappa shape index (κ3) is 3.96. The van der Waals surface area contributed by atoms with Crippen LogP contribution in [-0.4, -0.2) is 31.7 Å². The Kier molecular flexibility index (Phi) is 6.03. The number of halogens is 1. The lowest BCUT2D eigenvalue weighted by Crippen LogP contribution is -2.40. The molecule has 2 fully saturated rings. The van der Waals surface area contributed by atoms with E-state index in [0.29, 0.717) is 0 Å². The van der Waals surface area contributed by atoms with Crippen LogP contribution in [0.2, 0.25) is 0 Å². The second-order valence-electron chi connectivity index (χ2n) is 5.64. The Bertz CT molecular complexity index is 443. The minimum atomic E-state index is -0.0215. The number of benzene rings is 1. The van der Waals surface area contributed by atoms with Gasteiger partial charge in [0.25, 0.3) is 0 Å². The highest BCUT2D eigenvalue weighted by Gasteiger charge is 2.31. The highest BCUT2D eigenvalue weighted by Crippen LogP contribution is 2.27. The van der Waals surface area contributed by atoms with Crippen LogP contribution in [0.1, 0.15) is 30.9 Å². The Morgan fingerprint density at radius 3 is 2.71 bits per heavy atom. The normalized spacial score (nSPS) is 26.1. The van der Waals surface area contributed by atoms with Crippen LogP contribution in [0.5, 0.6) is 0 Å². The van der Waals surface area contributed by atoms with Gasteiger partial charge in [0.1, 0.15) is 0 Å². The SMILES string of the molecule is Cl.O=C(NC(c1ccccc1)C1CCCO1)C1CCNC1. The topological polar surface area (TPSA) is 50.4 Å². The monoisotopic (exact) mass is 310 g/mol. The van der Waals surface area contributed by atoms with Crippen molar-refractivity contribution in [3.63, 3.8) is 0 Å². The van der Waals surface area contributed by atoms with Gasteiger partial charge in [0.2, 0.25) is 5.91 Å². The average Bonchev–Trinajstić information content (AvgIpc) is 3.18. The quantitative estimate of drug-likeness (QED) is 0.895. The summed E-state index contributed by atoms with van der Waals surface area (Å²) in [5.74, 6) is 0.252. The van der Waals surface area contributed by atoms with Gasteiger partial charge in [-0.15, -0.1) is 12.4 Å². The first-order valence-electron chi connectivity index (χ1n) is 7.52. The van der Waals surface area contributed by atoms with Gasteiger partial charge >= 0.3 is 0 Å². The summed E-state index contributed by atoms with van der Waals surface area (Å²) < 4.78 is 5.80. The van der Waals surface area contributed by atoms with Crippen molar-refractivity contribution in [2.45, 2.75) is 31.4 Å². The Morgan fingerprint density at radius 2 is 2.10 bits per heavy atom. The lowest BCUT2D eigenvalue weighted by molar-refractivity contribution is -0.126. The van der Waals surface area contributed by atoms with E-state index in [0.717, 1.165) is 44.5 Å². The second kappa shape index (κ2) is 7.78. The van der Waals surface area contributed by atoms with Crippen molar-refractivity contribution in [3.05, 3.63) is 35.9 Å². The largest absolute Gasteiger partial charge is 0.376 e. The van der Waals surface area contributed by atoms with Crippen LogP contribution in [0.4, 0.5) is 0 Å². The summed E-state index contributed by atoms with van der Waals surface area (Å²) in [7, 11) is 0. The summed E-state index contributed by atoms with van der Waals surface area (Å²) in [6.07, 6.45) is 3.13. The van der Waals surface area contributed by atoms with Crippen molar-refractivity contribution in [2.75, 3.05) is 19.7 Å². The smallest absolute Gasteiger partial charge is 0.225 e. The number of hydrogen-bond acceptors (Lipinski definition) is 3. The molecule has 2 aliphatic rings. The fraction of sp³-hybridized carbons (Fsp3) is 0.562. The van der Waals surface area contributed by atoms with Crippen LogP contribution in [0.25, 0.3) is 0 Å². The molecule has 4 nitrogen and oxygen atoms in total. The average molecular weight is 311 g/mol. The van der Waals surface area contributed by atoms with Crippen molar-refractivity contribution in [1.29, 1.82) is 0 Å². The number of rotatable bonds is 4. The summed E-state index contributed by atoms with van der Waals surface area (Å²) in [4.78, 5) is 12.4. The first-order chi connectivity index (χ1) is 9.84. The summed E-state index contributed by atoms with van der Waals surface area (Å²) in [6, 6.07) is 10.1. The number of carbonyl (C=O) groups is 1. The molecule has 0 spiro atoms. The molecule has 3 rings (SSSR count). The molecular formula is C16H23ClN2O2. The van der Waals surface area contributed by atoms with Gasteiger partial charge in [-0.25, -0.2) is 0 Å². The zero-order valence-corrected chi connectivity index (χ0v) is 12.9. The summed E-state index contributed by atoms with van der Waals surface area (Å²) in [5, 5.41) is 6.46. The van der Waals surface area contributed by atoms with E-state index >= 15 is 0 Å². The second-order valence-corrected chi connectivity index (χ2v) is 5.64. The van der Waals surface area contributed by atoms with Crippen molar-refractivity contribution >= 4 is 18.3 Å². The molecule has 21 heavy (non-hydrogen) atoms. The van der Waals surface area contributed by atoms with E-state index in [-0.39, 0.29) is 36.4 Å². The Hall–Kier alpha value is -1.10. The van der Waals surface area contributed by atoms with E-state index < -0.39 is 0 Å². The highest BCUT2D eigenvalue weighted by atomic mass is 35.5. The standard InChI is InChI=1S/C16H22N2O2.ClH/c19-16(13-8-9-17-11-13)18-15(14-7-4-10-20-14)12-5-2-1-3-6-12;/h1-3,5-6,13-15,17H,4,7-11H2,(H,18,19);1H. The van der Waals surface area contributed by atoms with E-state index in [1.165, 1.54) is 0 Å². The molecule has 2 N–H and O–H groups in total. The van der Waals surface area contributed by atoms with Gasteiger partial charge in [0.05, 0.1) is 18.1 Å². The molecule has 1 aromatic rings. The third-order valence-corrected chi connectivity index (χ3v) is 4.22. The van der Waals surface area contributed by atoms with Crippen molar-refractivity contribution in [3.8, 4) is 0 Å². The van der Waals surface area contributed by atoms with Crippen LogP contribution >= 0.6 is 12.4 Å². The van der Waals surface area contributed by atoms with Crippen LogP contribution in [0.3, 0.4) is 0 Å². The lowest BCUT2D eigenvalue weighted by atomic mass is 9.98. The van der Waals surface area contributed by atoms with Crippen molar-refractivity contribution < 1.29 is 9.53 Å². The Morgan fingerprint density at radius 1 is 1.29 bits per heavy atom. The van der Waals surface area contributed by atoms with Crippen LogP contribution < -0.4 is 10.6 Å². The van der Waals surface area contributed by atoms with Crippen LogP contribution in [0, 0.1) is 5.92 Å². The first-order valence-corrected chi connectivity index (χ1v) is 7.52. The third-order valence-electron chi connectivity index (χ3n) is 4.22. The van der Waals surface area contributed by atoms with Gasteiger partial charge in [0.15, 0.2) is 0 Å². The minimum absolute atomic E-state index is 0. The van der Waals surface area contributed by atoms with Gasteiger partial charge in [-0.3, -0.25) is 4.79 Å². The zero-order chi connectivity index (χ0) is 13.8. The molecule has 0 saturated carbocycles. The minimum Gasteiger partial charge on any atom is -0.376 e. The van der Waals surface area contributed by atoms with E-state index in [9.17, 15) is 4.79 Å². The molecular weight excluding hydrogens is 288 g/mol. The van der Waals surface area contributed by atoms with Gasteiger partial charge < -0.3 is 15.4 Å². The number of nitrogens with one attached hydrogen (secondary N) is 2. The Labute approximate surface area is 132 Å².